The van der Waals surface area contributed by atoms with Crippen LogP contribution in [0, 0.1) is 0 Å². The lowest BCUT2D eigenvalue weighted by atomic mass is 9.95. The van der Waals surface area contributed by atoms with Gasteiger partial charge < -0.3 is 19.3 Å². The number of thiazole rings is 1. The van der Waals surface area contributed by atoms with E-state index >= 15 is 0 Å². The number of nitrogens with zero attached hydrogens (tertiary/aromatic N) is 2. The summed E-state index contributed by atoms with van der Waals surface area (Å²) in [5, 5.41) is 8.87. The van der Waals surface area contributed by atoms with Crippen molar-refractivity contribution >= 4 is 29.4 Å². The Morgan fingerprint density at radius 1 is 1.11 bits per heavy atom. The molecule has 37 heavy (non-hydrogen) atoms. The van der Waals surface area contributed by atoms with E-state index in [9.17, 15) is 14.4 Å². The van der Waals surface area contributed by atoms with Crippen molar-refractivity contribution in [3.63, 3.8) is 0 Å². The fourth-order valence-corrected chi connectivity index (χ4v) is 5.12. The highest BCUT2D eigenvalue weighted by molar-refractivity contribution is 7.07. The van der Waals surface area contributed by atoms with Crippen LogP contribution in [0.2, 0.25) is 0 Å². The van der Waals surface area contributed by atoms with Crippen molar-refractivity contribution in [2.75, 3.05) is 19.8 Å². The van der Waals surface area contributed by atoms with Gasteiger partial charge in [-0.2, -0.15) is 0 Å². The maximum atomic E-state index is 13.8. The summed E-state index contributed by atoms with van der Waals surface area (Å²) in [5.74, 6) is -0.700. The zero-order valence-corrected chi connectivity index (χ0v) is 21.4. The van der Waals surface area contributed by atoms with E-state index in [0.29, 0.717) is 44.3 Å². The van der Waals surface area contributed by atoms with Crippen LogP contribution in [0.15, 0.2) is 69.6 Å². The van der Waals surface area contributed by atoms with E-state index in [-0.39, 0.29) is 17.7 Å². The van der Waals surface area contributed by atoms with Crippen LogP contribution in [0.3, 0.4) is 0 Å². The van der Waals surface area contributed by atoms with Gasteiger partial charge in [0.25, 0.3) is 5.56 Å². The molecule has 0 fully saturated rings. The quantitative estimate of drug-likeness (QED) is 0.430. The average molecular weight is 523 g/mol. The SMILES string of the molecule is CCOC(=O)C1=C(C)N=c2sc(=Cc3cccc(OCC(=O)O)c3)c(=O)n2[C@H]1c1ccccc1OCC. The Morgan fingerprint density at radius 2 is 1.89 bits per heavy atom. The minimum atomic E-state index is -1.08. The number of rotatable bonds is 9. The van der Waals surface area contributed by atoms with Crippen LogP contribution < -0.4 is 24.4 Å². The van der Waals surface area contributed by atoms with Gasteiger partial charge >= 0.3 is 11.9 Å². The number of benzene rings is 2. The number of hydrogen-bond acceptors (Lipinski definition) is 8. The topological polar surface area (TPSA) is 116 Å². The summed E-state index contributed by atoms with van der Waals surface area (Å²) in [5.41, 5.74) is 1.72. The molecule has 0 saturated carbocycles. The number of esters is 1. The van der Waals surface area contributed by atoms with Gasteiger partial charge in [-0.15, -0.1) is 0 Å². The van der Waals surface area contributed by atoms with Crippen LogP contribution in [0.25, 0.3) is 6.08 Å². The molecule has 192 valence electrons. The summed E-state index contributed by atoms with van der Waals surface area (Å²) in [6.45, 7) is 5.43. The lowest BCUT2D eigenvalue weighted by molar-refractivity contribution is -0.140. The number of fused-ring (bicyclic) bond motifs is 1. The molecule has 0 amide bonds. The predicted molar refractivity (Wildman–Crippen MR) is 138 cm³/mol. The van der Waals surface area contributed by atoms with E-state index in [1.54, 1.807) is 50.3 Å². The fourth-order valence-electron chi connectivity index (χ4n) is 4.07. The minimum absolute atomic E-state index is 0.181. The Morgan fingerprint density at radius 3 is 2.62 bits per heavy atom. The highest BCUT2D eigenvalue weighted by Crippen LogP contribution is 2.35. The molecule has 1 aliphatic heterocycles. The standard InChI is InChI=1S/C27H26N2O7S/c1-4-34-20-12-7-6-11-19(20)24-23(26(33)35-5-2)16(3)28-27-29(24)25(32)21(37-27)14-17-9-8-10-18(13-17)36-15-22(30)31/h6-14,24H,4-5,15H2,1-3H3,(H,30,31)/t24-/m0/s1. The third-order valence-electron chi connectivity index (χ3n) is 5.55. The fraction of sp³-hybridized carbons (Fsp3) is 0.259. The van der Waals surface area contributed by atoms with Gasteiger partial charge in [-0.05, 0) is 50.6 Å². The first kappa shape index (κ1) is 25.9. The largest absolute Gasteiger partial charge is 0.494 e. The second-order valence-corrected chi connectivity index (χ2v) is 9.04. The smallest absolute Gasteiger partial charge is 0.341 e. The van der Waals surface area contributed by atoms with E-state index in [1.807, 2.05) is 25.1 Å². The van der Waals surface area contributed by atoms with Gasteiger partial charge in [-0.3, -0.25) is 9.36 Å². The molecule has 0 aliphatic carbocycles. The molecule has 9 nitrogen and oxygen atoms in total. The van der Waals surface area contributed by atoms with Crippen molar-refractivity contribution in [1.82, 2.24) is 4.57 Å². The number of para-hydroxylation sites is 1. The Bertz CT molecular complexity index is 1550. The van der Waals surface area contributed by atoms with Gasteiger partial charge in [0.05, 0.1) is 29.0 Å². The Kier molecular flexibility index (Phi) is 7.88. The lowest BCUT2D eigenvalue weighted by Gasteiger charge is -2.26. The first-order chi connectivity index (χ1) is 17.8. The summed E-state index contributed by atoms with van der Waals surface area (Å²) < 4.78 is 18.3. The molecular formula is C27H26N2O7S. The summed E-state index contributed by atoms with van der Waals surface area (Å²) in [6, 6.07) is 13.3. The van der Waals surface area contributed by atoms with Gasteiger partial charge in [0, 0.05) is 5.56 Å². The molecule has 0 unspecified atom stereocenters. The highest BCUT2D eigenvalue weighted by Gasteiger charge is 2.35. The molecule has 1 aliphatic rings. The van der Waals surface area contributed by atoms with Crippen molar-refractivity contribution in [2.24, 2.45) is 4.99 Å². The van der Waals surface area contributed by atoms with E-state index in [1.165, 1.54) is 15.9 Å². The second kappa shape index (κ2) is 11.3. The van der Waals surface area contributed by atoms with Crippen LogP contribution >= 0.6 is 11.3 Å². The van der Waals surface area contributed by atoms with Crippen molar-refractivity contribution < 1.29 is 28.9 Å². The number of aliphatic carboxylic acids is 1. The molecule has 4 rings (SSSR count). The average Bonchev–Trinajstić information content (AvgIpc) is 3.17. The Balaban J connectivity index is 1.89. The molecule has 3 aromatic rings. The van der Waals surface area contributed by atoms with E-state index < -0.39 is 24.6 Å². The molecule has 10 heteroatoms. The zero-order valence-electron chi connectivity index (χ0n) is 20.6. The van der Waals surface area contributed by atoms with Crippen LogP contribution in [-0.4, -0.2) is 41.4 Å². The van der Waals surface area contributed by atoms with Gasteiger partial charge in [-0.1, -0.05) is 41.7 Å². The molecule has 1 aromatic heterocycles. The summed E-state index contributed by atoms with van der Waals surface area (Å²) >= 11 is 1.20. The molecule has 2 aromatic carbocycles. The molecular weight excluding hydrogens is 496 g/mol. The normalized spacial score (nSPS) is 15.1. The number of hydrogen-bond donors (Lipinski definition) is 1. The second-order valence-electron chi connectivity index (χ2n) is 8.03. The highest BCUT2D eigenvalue weighted by atomic mass is 32.1. The first-order valence-electron chi connectivity index (χ1n) is 11.7. The number of allylic oxidation sites excluding steroid dienone is 1. The van der Waals surface area contributed by atoms with E-state index in [0.717, 1.165) is 0 Å². The van der Waals surface area contributed by atoms with Crippen molar-refractivity contribution in [1.29, 1.82) is 0 Å². The maximum Gasteiger partial charge on any atom is 0.341 e. The van der Waals surface area contributed by atoms with Gasteiger partial charge in [-0.25, -0.2) is 14.6 Å². The minimum Gasteiger partial charge on any atom is -0.494 e. The van der Waals surface area contributed by atoms with Crippen molar-refractivity contribution in [3.8, 4) is 11.5 Å². The monoisotopic (exact) mass is 522 g/mol. The summed E-state index contributed by atoms with van der Waals surface area (Å²) in [7, 11) is 0. The third kappa shape index (κ3) is 5.49. The number of carbonyl (C=O) groups excluding carboxylic acids is 1. The van der Waals surface area contributed by atoms with Crippen molar-refractivity contribution in [3.05, 3.63) is 90.6 Å². The van der Waals surface area contributed by atoms with E-state index in [2.05, 4.69) is 4.99 Å². The van der Waals surface area contributed by atoms with Gasteiger partial charge in [0.1, 0.15) is 17.5 Å². The molecule has 1 N–H and O–H groups in total. The zero-order chi connectivity index (χ0) is 26.5. The molecule has 1 atom stereocenters. The molecule has 0 radical (unpaired) electrons. The van der Waals surface area contributed by atoms with Crippen molar-refractivity contribution in [2.45, 2.75) is 26.8 Å². The van der Waals surface area contributed by atoms with Crippen LogP contribution in [-0.2, 0) is 14.3 Å². The number of carbonyl (C=O) groups is 2. The van der Waals surface area contributed by atoms with E-state index in [4.69, 9.17) is 19.3 Å². The Labute approximate surface area is 216 Å². The maximum absolute atomic E-state index is 13.8. The van der Waals surface area contributed by atoms with Crippen LogP contribution in [0.1, 0.15) is 37.9 Å². The number of ether oxygens (including phenoxy) is 3. The summed E-state index contributed by atoms with van der Waals surface area (Å²) in [4.78, 5) is 42.7. The van der Waals surface area contributed by atoms with Gasteiger partial charge in [0.2, 0.25) is 0 Å². The predicted octanol–water partition coefficient (Wildman–Crippen LogP) is 2.66. The van der Waals surface area contributed by atoms with Gasteiger partial charge in [0.15, 0.2) is 11.4 Å². The third-order valence-corrected chi connectivity index (χ3v) is 6.53. The van der Waals surface area contributed by atoms with Crippen LogP contribution in [0.5, 0.6) is 11.5 Å². The number of aromatic nitrogens is 1. The molecule has 0 saturated heterocycles. The van der Waals surface area contributed by atoms with Crippen LogP contribution in [0.4, 0.5) is 0 Å². The summed E-state index contributed by atoms with van der Waals surface area (Å²) in [6.07, 6.45) is 1.69. The first-order valence-corrected chi connectivity index (χ1v) is 12.5. The lowest BCUT2D eigenvalue weighted by Crippen LogP contribution is -2.40. The molecule has 0 bridgehead atoms. The number of carboxylic acid groups (broad SMARTS) is 1. The number of carboxylic acids is 1. The Hall–Kier alpha value is -4.18. The molecule has 2 heterocycles. The molecule has 0 spiro atoms.